The summed E-state index contributed by atoms with van der Waals surface area (Å²) in [5.74, 6) is -2.09. The highest BCUT2D eigenvalue weighted by Crippen LogP contribution is 2.30. The fourth-order valence-corrected chi connectivity index (χ4v) is 1.40. The van der Waals surface area contributed by atoms with Gasteiger partial charge in [-0.05, 0) is 24.6 Å². The van der Waals surface area contributed by atoms with E-state index in [1.165, 1.54) is 12.1 Å². The summed E-state index contributed by atoms with van der Waals surface area (Å²) < 4.78 is 3.99. The largest absolute Gasteiger partial charge is 0.505 e. The fourth-order valence-electron chi connectivity index (χ4n) is 1.25. The van der Waals surface area contributed by atoms with Crippen molar-refractivity contribution in [3.05, 3.63) is 23.3 Å². The Bertz CT molecular complexity index is 462. The Morgan fingerprint density at radius 3 is 2.65 bits per heavy atom. The molecule has 92 valence electrons. The summed E-state index contributed by atoms with van der Waals surface area (Å²) in [4.78, 5) is 22.3. The van der Waals surface area contributed by atoms with Gasteiger partial charge in [-0.25, -0.2) is 4.79 Å². The van der Waals surface area contributed by atoms with Gasteiger partial charge >= 0.3 is 5.97 Å². The molecule has 17 heavy (non-hydrogen) atoms. The van der Waals surface area contributed by atoms with Crippen LogP contribution >= 0.6 is 23.5 Å². The molecule has 1 rings (SSSR count). The number of amides is 1. The number of nitrogens with one attached hydrogen (secondary N) is 1. The molecule has 0 bridgehead atoms. The van der Waals surface area contributed by atoms with Crippen molar-refractivity contribution < 1.29 is 19.0 Å². The van der Waals surface area contributed by atoms with Crippen molar-refractivity contribution in [2.45, 2.75) is 6.92 Å². The fraction of sp³-hybridized carbons (Fsp3) is 0.200. The number of rotatable bonds is 3. The van der Waals surface area contributed by atoms with E-state index in [-0.39, 0.29) is 17.1 Å². The summed E-state index contributed by atoms with van der Waals surface area (Å²) in [6, 6.07) is 2.88. The number of aryl methyl sites for hydroxylation is 1. The van der Waals surface area contributed by atoms with Crippen LogP contribution in [0.1, 0.15) is 15.9 Å². The Morgan fingerprint density at radius 2 is 2.12 bits per heavy atom. The van der Waals surface area contributed by atoms with Crippen LogP contribution in [0.5, 0.6) is 5.75 Å². The molecule has 0 aliphatic carbocycles. The number of hydrogen-bond acceptors (Lipinski definition) is 4. The number of phenols is 1. The number of carbonyl (C=O) groups is 2. The summed E-state index contributed by atoms with van der Waals surface area (Å²) in [7, 11) is 0. The molecule has 0 fully saturated rings. The summed E-state index contributed by atoms with van der Waals surface area (Å²) in [6.07, 6.45) is 0. The second-order valence-electron chi connectivity index (χ2n) is 3.26. The SMILES string of the molecule is Cc1cc(NC(=O)CCl)c(O)c(C(=O)OCl)c1. The van der Waals surface area contributed by atoms with Crippen LogP contribution < -0.4 is 5.32 Å². The maximum Gasteiger partial charge on any atom is 0.360 e. The monoisotopic (exact) mass is 277 g/mol. The minimum Gasteiger partial charge on any atom is -0.505 e. The minimum absolute atomic E-state index is 0.0766. The highest BCUT2D eigenvalue weighted by molar-refractivity contribution is 6.29. The van der Waals surface area contributed by atoms with Crippen LogP contribution in [-0.2, 0) is 9.08 Å². The third-order valence-electron chi connectivity index (χ3n) is 1.94. The van der Waals surface area contributed by atoms with Gasteiger partial charge in [0.2, 0.25) is 5.91 Å². The van der Waals surface area contributed by atoms with Gasteiger partial charge in [-0.15, -0.1) is 11.6 Å². The Balaban J connectivity index is 3.18. The van der Waals surface area contributed by atoms with Crippen LogP contribution in [-0.4, -0.2) is 22.9 Å². The van der Waals surface area contributed by atoms with Crippen molar-refractivity contribution in [2.75, 3.05) is 11.2 Å². The van der Waals surface area contributed by atoms with Gasteiger partial charge in [-0.2, -0.15) is 0 Å². The average molecular weight is 278 g/mol. The van der Waals surface area contributed by atoms with Crippen LogP contribution in [0.15, 0.2) is 12.1 Å². The number of phenolic OH excluding ortho intramolecular Hbond substituents is 1. The second kappa shape index (κ2) is 5.75. The van der Waals surface area contributed by atoms with E-state index in [1.54, 1.807) is 6.92 Å². The molecule has 0 heterocycles. The van der Waals surface area contributed by atoms with Gasteiger partial charge in [0.25, 0.3) is 0 Å². The zero-order chi connectivity index (χ0) is 13.0. The molecule has 5 nitrogen and oxygen atoms in total. The van der Waals surface area contributed by atoms with Crippen molar-refractivity contribution >= 4 is 41.0 Å². The van der Waals surface area contributed by atoms with Crippen LogP contribution in [0, 0.1) is 6.92 Å². The maximum absolute atomic E-state index is 11.2. The van der Waals surface area contributed by atoms with E-state index in [4.69, 9.17) is 23.5 Å². The van der Waals surface area contributed by atoms with E-state index < -0.39 is 17.6 Å². The van der Waals surface area contributed by atoms with E-state index in [0.29, 0.717) is 5.56 Å². The van der Waals surface area contributed by atoms with Gasteiger partial charge < -0.3 is 14.7 Å². The number of aromatic hydroxyl groups is 1. The molecule has 0 radical (unpaired) electrons. The molecular formula is C10H9Cl2NO4. The first-order valence-electron chi connectivity index (χ1n) is 4.52. The Morgan fingerprint density at radius 1 is 1.47 bits per heavy atom. The van der Waals surface area contributed by atoms with Gasteiger partial charge in [0.15, 0.2) is 5.75 Å². The first-order valence-corrected chi connectivity index (χ1v) is 5.36. The highest BCUT2D eigenvalue weighted by atomic mass is 35.5. The number of benzene rings is 1. The summed E-state index contributed by atoms with van der Waals surface area (Å²) in [5.41, 5.74) is 0.585. The van der Waals surface area contributed by atoms with Gasteiger partial charge in [-0.3, -0.25) is 4.79 Å². The van der Waals surface area contributed by atoms with Crippen LogP contribution in [0.2, 0.25) is 0 Å². The Labute approximate surface area is 107 Å². The zero-order valence-electron chi connectivity index (χ0n) is 8.79. The van der Waals surface area contributed by atoms with Crippen LogP contribution in [0.3, 0.4) is 0 Å². The predicted molar refractivity (Wildman–Crippen MR) is 63.5 cm³/mol. The molecular weight excluding hydrogens is 269 g/mol. The third kappa shape index (κ3) is 3.25. The molecule has 0 saturated heterocycles. The molecule has 7 heteroatoms. The van der Waals surface area contributed by atoms with Crippen molar-refractivity contribution in [3.8, 4) is 5.75 Å². The average Bonchev–Trinajstić information content (AvgIpc) is 2.32. The topological polar surface area (TPSA) is 75.6 Å². The first-order chi connectivity index (χ1) is 7.99. The number of carbonyl (C=O) groups excluding carboxylic acids is 2. The van der Waals surface area contributed by atoms with E-state index in [9.17, 15) is 14.7 Å². The molecule has 2 N–H and O–H groups in total. The number of anilines is 1. The van der Waals surface area contributed by atoms with E-state index in [2.05, 4.69) is 9.61 Å². The lowest BCUT2D eigenvalue weighted by Gasteiger charge is -2.10. The van der Waals surface area contributed by atoms with Crippen LogP contribution in [0.25, 0.3) is 0 Å². The van der Waals surface area contributed by atoms with Gasteiger partial charge in [-0.1, -0.05) is 0 Å². The van der Waals surface area contributed by atoms with Gasteiger partial charge in [0, 0.05) is 0 Å². The minimum atomic E-state index is -0.908. The summed E-state index contributed by atoms with van der Waals surface area (Å²) in [6.45, 7) is 1.68. The van der Waals surface area contributed by atoms with Gasteiger partial charge in [0.1, 0.15) is 23.3 Å². The molecule has 0 atom stereocenters. The maximum atomic E-state index is 11.2. The zero-order valence-corrected chi connectivity index (χ0v) is 10.3. The van der Waals surface area contributed by atoms with E-state index in [0.717, 1.165) is 0 Å². The Kier molecular flexibility index (Phi) is 4.60. The molecule has 1 aromatic rings. The lowest BCUT2D eigenvalue weighted by atomic mass is 10.1. The van der Waals surface area contributed by atoms with E-state index in [1.807, 2.05) is 0 Å². The quantitative estimate of drug-likeness (QED) is 0.656. The molecule has 1 aromatic carbocycles. The van der Waals surface area contributed by atoms with Gasteiger partial charge in [0.05, 0.1) is 5.69 Å². The molecule has 0 aromatic heterocycles. The smallest absolute Gasteiger partial charge is 0.360 e. The summed E-state index contributed by atoms with van der Waals surface area (Å²) >= 11 is 10.2. The Hall–Kier alpha value is -1.46. The van der Waals surface area contributed by atoms with E-state index >= 15 is 0 Å². The molecule has 0 spiro atoms. The lowest BCUT2D eigenvalue weighted by molar-refractivity contribution is -0.113. The highest BCUT2D eigenvalue weighted by Gasteiger charge is 2.17. The lowest BCUT2D eigenvalue weighted by Crippen LogP contribution is -2.13. The molecule has 0 unspecified atom stereocenters. The first kappa shape index (κ1) is 13.6. The molecule has 0 aliphatic heterocycles. The van der Waals surface area contributed by atoms with Crippen LogP contribution in [0.4, 0.5) is 5.69 Å². The second-order valence-corrected chi connectivity index (χ2v) is 3.68. The molecule has 1 amide bonds. The number of halogens is 2. The normalized spacial score (nSPS) is 9.82. The van der Waals surface area contributed by atoms with Crippen molar-refractivity contribution in [3.63, 3.8) is 0 Å². The molecule has 0 saturated carbocycles. The predicted octanol–water partition coefficient (Wildman–Crippen LogP) is 2.19. The third-order valence-corrected chi connectivity index (χ3v) is 2.32. The van der Waals surface area contributed by atoms with Crippen molar-refractivity contribution in [2.24, 2.45) is 0 Å². The number of alkyl halides is 1. The van der Waals surface area contributed by atoms with Crippen molar-refractivity contribution in [1.29, 1.82) is 0 Å². The number of hydrogen-bond donors (Lipinski definition) is 2. The summed E-state index contributed by atoms with van der Waals surface area (Å²) in [5, 5.41) is 12.1. The molecule has 0 aliphatic rings. The standard InChI is InChI=1S/C10H9Cl2NO4/c1-5-2-6(10(16)17-12)9(15)7(3-5)13-8(14)4-11/h2-3,15H,4H2,1H3,(H,13,14). The van der Waals surface area contributed by atoms with Crippen molar-refractivity contribution in [1.82, 2.24) is 0 Å².